The standard InChI is InChI=1S/C24H28O6/c25-15-1-3-17-29-23(27)21-11-7-19(8-12-21)5-6-20-9-13-22(14-10-20)24(28)30-18-4-2-16-26/h5-14,25-26H,1-4,15-18H2/b6-5+. The molecule has 0 radical (unpaired) electrons. The first-order valence-electron chi connectivity index (χ1n) is 10.1. The van der Waals surface area contributed by atoms with Gasteiger partial charge in [0, 0.05) is 13.2 Å². The molecule has 0 aliphatic heterocycles. The molecule has 0 saturated heterocycles. The molecular weight excluding hydrogens is 384 g/mol. The van der Waals surface area contributed by atoms with E-state index >= 15 is 0 Å². The molecule has 0 bridgehead atoms. The molecule has 6 nitrogen and oxygen atoms in total. The Morgan fingerprint density at radius 1 is 0.633 bits per heavy atom. The first-order valence-corrected chi connectivity index (χ1v) is 10.1. The summed E-state index contributed by atoms with van der Waals surface area (Å²) in [5.41, 5.74) is 2.83. The Bertz CT molecular complexity index is 739. The molecule has 0 atom stereocenters. The topological polar surface area (TPSA) is 93.1 Å². The Balaban J connectivity index is 1.85. The van der Waals surface area contributed by atoms with Gasteiger partial charge in [-0.05, 0) is 61.1 Å². The third-order valence-corrected chi connectivity index (χ3v) is 4.33. The van der Waals surface area contributed by atoms with E-state index in [2.05, 4.69) is 0 Å². The van der Waals surface area contributed by atoms with Gasteiger partial charge in [0.05, 0.1) is 24.3 Å². The molecule has 0 fully saturated rings. The zero-order valence-corrected chi connectivity index (χ0v) is 17.0. The average Bonchev–Trinajstić information content (AvgIpc) is 2.78. The molecule has 0 amide bonds. The Morgan fingerprint density at radius 3 is 1.33 bits per heavy atom. The van der Waals surface area contributed by atoms with Crippen molar-refractivity contribution in [2.75, 3.05) is 26.4 Å². The van der Waals surface area contributed by atoms with Crippen LogP contribution in [0.25, 0.3) is 12.2 Å². The van der Waals surface area contributed by atoms with Gasteiger partial charge in [-0.25, -0.2) is 9.59 Å². The summed E-state index contributed by atoms with van der Waals surface area (Å²) in [5, 5.41) is 17.4. The van der Waals surface area contributed by atoms with Crippen LogP contribution in [0, 0.1) is 0 Å². The van der Waals surface area contributed by atoms with Crippen molar-refractivity contribution in [3.05, 3.63) is 70.8 Å². The van der Waals surface area contributed by atoms with Crippen LogP contribution >= 0.6 is 0 Å². The van der Waals surface area contributed by atoms with E-state index in [1.165, 1.54) is 0 Å². The second-order valence-corrected chi connectivity index (χ2v) is 6.71. The highest BCUT2D eigenvalue weighted by atomic mass is 16.5. The van der Waals surface area contributed by atoms with Crippen LogP contribution < -0.4 is 0 Å². The van der Waals surface area contributed by atoms with Crippen molar-refractivity contribution in [1.29, 1.82) is 0 Å². The van der Waals surface area contributed by atoms with Gasteiger partial charge in [-0.3, -0.25) is 0 Å². The van der Waals surface area contributed by atoms with Gasteiger partial charge in [-0.2, -0.15) is 0 Å². The number of aliphatic hydroxyl groups excluding tert-OH is 2. The zero-order valence-electron chi connectivity index (χ0n) is 17.0. The summed E-state index contributed by atoms with van der Waals surface area (Å²) in [4.78, 5) is 23.9. The Kier molecular flexibility index (Phi) is 10.3. The number of hydrogen-bond acceptors (Lipinski definition) is 6. The number of unbranched alkanes of at least 4 members (excludes halogenated alkanes) is 2. The van der Waals surface area contributed by atoms with Crippen molar-refractivity contribution in [1.82, 2.24) is 0 Å². The summed E-state index contributed by atoms with van der Waals surface area (Å²) in [7, 11) is 0. The highest BCUT2D eigenvalue weighted by Crippen LogP contribution is 2.13. The van der Waals surface area contributed by atoms with E-state index in [0.717, 1.165) is 11.1 Å². The van der Waals surface area contributed by atoms with E-state index < -0.39 is 0 Å². The summed E-state index contributed by atoms with van der Waals surface area (Å²) in [6.45, 7) is 0.786. The molecule has 0 spiro atoms. The van der Waals surface area contributed by atoms with E-state index in [4.69, 9.17) is 19.7 Å². The largest absolute Gasteiger partial charge is 0.462 e. The van der Waals surface area contributed by atoms with E-state index in [1.54, 1.807) is 24.3 Å². The van der Waals surface area contributed by atoms with Gasteiger partial charge in [-0.1, -0.05) is 36.4 Å². The molecule has 2 aromatic carbocycles. The summed E-state index contributed by atoms with van der Waals surface area (Å²) < 4.78 is 10.3. The minimum Gasteiger partial charge on any atom is -0.462 e. The molecule has 2 rings (SSSR count). The maximum Gasteiger partial charge on any atom is 0.338 e. The lowest BCUT2D eigenvalue weighted by atomic mass is 10.1. The number of carbonyl (C=O) groups is 2. The predicted molar refractivity (Wildman–Crippen MR) is 115 cm³/mol. The number of ether oxygens (including phenoxy) is 2. The van der Waals surface area contributed by atoms with Gasteiger partial charge < -0.3 is 19.7 Å². The lowest BCUT2D eigenvalue weighted by molar-refractivity contribution is 0.0484. The van der Waals surface area contributed by atoms with Crippen LogP contribution in [0.5, 0.6) is 0 Å². The number of aliphatic hydroxyl groups is 2. The van der Waals surface area contributed by atoms with Crippen molar-refractivity contribution >= 4 is 24.1 Å². The van der Waals surface area contributed by atoms with Gasteiger partial charge >= 0.3 is 11.9 Å². The van der Waals surface area contributed by atoms with Crippen molar-refractivity contribution in [3.63, 3.8) is 0 Å². The minimum atomic E-state index is -0.373. The quantitative estimate of drug-likeness (QED) is 0.314. The van der Waals surface area contributed by atoms with Crippen LogP contribution in [0.15, 0.2) is 48.5 Å². The summed E-state index contributed by atoms with van der Waals surface area (Å²) in [5.74, 6) is -0.746. The molecule has 0 saturated carbocycles. The van der Waals surface area contributed by atoms with Crippen molar-refractivity contribution < 1.29 is 29.3 Å². The van der Waals surface area contributed by atoms with Crippen molar-refractivity contribution in [2.45, 2.75) is 25.7 Å². The lowest BCUT2D eigenvalue weighted by Gasteiger charge is -2.05. The normalized spacial score (nSPS) is 10.9. The first kappa shape index (κ1) is 23.3. The fraction of sp³-hybridized carbons (Fsp3) is 0.333. The van der Waals surface area contributed by atoms with Gasteiger partial charge in [-0.15, -0.1) is 0 Å². The van der Waals surface area contributed by atoms with Crippen LogP contribution in [-0.2, 0) is 9.47 Å². The fourth-order valence-electron chi connectivity index (χ4n) is 2.58. The number of rotatable bonds is 12. The molecule has 2 N–H and O–H groups in total. The average molecular weight is 412 g/mol. The number of esters is 2. The molecule has 30 heavy (non-hydrogen) atoms. The first-order chi connectivity index (χ1) is 14.6. The van der Waals surface area contributed by atoms with Crippen molar-refractivity contribution in [3.8, 4) is 0 Å². The Morgan fingerprint density at radius 2 is 1.00 bits per heavy atom. The third kappa shape index (κ3) is 8.19. The van der Waals surface area contributed by atoms with Gasteiger partial charge in [0.2, 0.25) is 0 Å². The second kappa shape index (κ2) is 13.3. The van der Waals surface area contributed by atoms with E-state index in [0.29, 0.717) is 50.0 Å². The van der Waals surface area contributed by atoms with Crippen LogP contribution in [0.2, 0.25) is 0 Å². The molecule has 0 heterocycles. The molecule has 0 aromatic heterocycles. The Hall–Kier alpha value is -2.96. The summed E-state index contributed by atoms with van der Waals surface area (Å²) >= 11 is 0. The van der Waals surface area contributed by atoms with Crippen molar-refractivity contribution in [2.24, 2.45) is 0 Å². The smallest absolute Gasteiger partial charge is 0.338 e. The SMILES string of the molecule is O=C(OCCCCO)c1ccc(/C=C/c2ccc(C(=O)OCCCCO)cc2)cc1. The highest BCUT2D eigenvalue weighted by Gasteiger charge is 2.07. The molecule has 6 heteroatoms. The molecule has 0 aliphatic rings. The number of benzene rings is 2. The van der Waals surface area contributed by atoms with Crippen LogP contribution in [0.3, 0.4) is 0 Å². The maximum atomic E-state index is 11.9. The number of hydrogen-bond donors (Lipinski definition) is 2. The minimum absolute atomic E-state index is 0.0941. The van der Waals surface area contributed by atoms with Gasteiger partial charge in [0.25, 0.3) is 0 Å². The molecular formula is C24H28O6. The number of carbonyl (C=O) groups excluding carboxylic acids is 2. The summed E-state index contributed by atoms with van der Waals surface area (Å²) in [6.07, 6.45) is 6.34. The van der Waals surface area contributed by atoms with Crippen LogP contribution in [0.1, 0.15) is 57.5 Å². The predicted octanol–water partition coefficient (Wildman–Crippen LogP) is 3.72. The zero-order chi connectivity index (χ0) is 21.6. The molecule has 0 aliphatic carbocycles. The highest BCUT2D eigenvalue weighted by molar-refractivity contribution is 5.90. The molecule has 160 valence electrons. The maximum absolute atomic E-state index is 11.9. The lowest BCUT2D eigenvalue weighted by Crippen LogP contribution is -2.06. The fourth-order valence-corrected chi connectivity index (χ4v) is 2.58. The van der Waals surface area contributed by atoms with Crippen LogP contribution in [0.4, 0.5) is 0 Å². The monoisotopic (exact) mass is 412 g/mol. The summed E-state index contributed by atoms with van der Waals surface area (Å²) in [6, 6.07) is 14.2. The molecule has 2 aromatic rings. The van der Waals surface area contributed by atoms with E-state index in [9.17, 15) is 9.59 Å². The molecule has 0 unspecified atom stereocenters. The third-order valence-electron chi connectivity index (χ3n) is 4.33. The Labute approximate surface area is 176 Å². The van der Waals surface area contributed by atoms with Gasteiger partial charge in [0.15, 0.2) is 0 Å². The second-order valence-electron chi connectivity index (χ2n) is 6.71. The van der Waals surface area contributed by atoms with Gasteiger partial charge in [0.1, 0.15) is 0 Å². The van der Waals surface area contributed by atoms with E-state index in [1.807, 2.05) is 36.4 Å². The van der Waals surface area contributed by atoms with Crippen LogP contribution in [-0.4, -0.2) is 48.6 Å². The van der Waals surface area contributed by atoms with E-state index in [-0.39, 0.29) is 25.2 Å².